The minimum absolute atomic E-state index is 0.0278. The lowest BCUT2D eigenvalue weighted by atomic mass is 10.1. The Bertz CT molecular complexity index is 985. The number of rotatable bonds is 16. The van der Waals surface area contributed by atoms with Gasteiger partial charge in [-0.25, -0.2) is 8.42 Å². The molecular weight excluding hydrogens is 444 g/mol. The number of hydrogen-bond acceptors (Lipinski definition) is 3. The van der Waals surface area contributed by atoms with Gasteiger partial charge in [0.25, 0.3) is 10.0 Å². The van der Waals surface area contributed by atoms with Crippen LogP contribution in [0.3, 0.4) is 0 Å². The molecule has 188 valence electrons. The number of anilines is 2. The van der Waals surface area contributed by atoms with E-state index in [9.17, 15) is 13.2 Å². The summed E-state index contributed by atoms with van der Waals surface area (Å²) in [7, 11) is -3.69. The van der Waals surface area contributed by atoms with Gasteiger partial charge in [-0.1, -0.05) is 88.8 Å². The minimum atomic E-state index is -3.69. The highest BCUT2D eigenvalue weighted by molar-refractivity contribution is 7.92. The molecule has 2 aromatic carbocycles. The van der Waals surface area contributed by atoms with Crippen molar-refractivity contribution in [2.24, 2.45) is 0 Å². The van der Waals surface area contributed by atoms with E-state index in [2.05, 4.69) is 17.0 Å². The second-order valence-electron chi connectivity index (χ2n) is 9.28. The molecule has 0 aliphatic heterocycles. The van der Waals surface area contributed by atoms with Crippen molar-refractivity contribution >= 4 is 27.3 Å². The molecule has 0 fully saturated rings. The maximum atomic E-state index is 12.7. The molecule has 0 heterocycles. The van der Waals surface area contributed by atoms with Gasteiger partial charge in [-0.3, -0.25) is 9.52 Å². The average molecular weight is 487 g/mol. The van der Waals surface area contributed by atoms with E-state index in [0.717, 1.165) is 24.0 Å². The normalized spacial score (nSPS) is 11.4. The van der Waals surface area contributed by atoms with Crippen molar-refractivity contribution in [3.05, 3.63) is 53.6 Å². The lowest BCUT2D eigenvalue weighted by Gasteiger charge is -2.12. The van der Waals surface area contributed by atoms with E-state index in [1.54, 1.807) is 18.2 Å². The third kappa shape index (κ3) is 10.3. The van der Waals surface area contributed by atoms with E-state index in [1.165, 1.54) is 69.9 Å². The van der Waals surface area contributed by atoms with Crippen molar-refractivity contribution in [1.82, 2.24) is 0 Å². The number of aryl methyl sites for hydroxylation is 2. The molecule has 2 aromatic rings. The zero-order valence-corrected chi connectivity index (χ0v) is 22.0. The summed E-state index contributed by atoms with van der Waals surface area (Å²) in [6, 6.07) is 11.9. The number of amides is 1. The fraction of sp³-hybridized carbons (Fsp3) is 0.536. The first-order chi connectivity index (χ1) is 16.3. The Morgan fingerprint density at radius 3 is 1.88 bits per heavy atom. The van der Waals surface area contributed by atoms with Crippen molar-refractivity contribution in [2.45, 2.75) is 103 Å². The summed E-state index contributed by atoms with van der Waals surface area (Å²) in [5.41, 5.74) is 3.12. The van der Waals surface area contributed by atoms with Gasteiger partial charge in [-0.05, 0) is 56.2 Å². The van der Waals surface area contributed by atoms with Gasteiger partial charge in [0.15, 0.2) is 0 Å². The quantitative estimate of drug-likeness (QED) is 0.238. The van der Waals surface area contributed by atoms with Crippen LogP contribution in [0.5, 0.6) is 0 Å². The molecule has 2 N–H and O–H groups in total. The first-order valence-electron chi connectivity index (χ1n) is 12.8. The Labute approximate surface area is 206 Å². The van der Waals surface area contributed by atoms with Crippen molar-refractivity contribution < 1.29 is 13.2 Å². The second kappa shape index (κ2) is 14.8. The number of carbonyl (C=O) groups excluding carboxylic acids is 1. The summed E-state index contributed by atoms with van der Waals surface area (Å²) in [5, 5.41) is 2.87. The van der Waals surface area contributed by atoms with E-state index in [-0.39, 0.29) is 10.8 Å². The molecule has 0 bridgehead atoms. The van der Waals surface area contributed by atoms with Crippen LogP contribution in [0, 0.1) is 13.8 Å². The molecule has 1 amide bonds. The van der Waals surface area contributed by atoms with Crippen LogP contribution in [0.1, 0.15) is 95.1 Å². The van der Waals surface area contributed by atoms with Crippen LogP contribution >= 0.6 is 0 Å². The highest BCUT2D eigenvalue weighted by atomic mass is 32.2. The summed E-state index contributed by atoms with van der Waals surface area (Å²) >= 11 is 0. The van der Waals surface area contributed by atoms with E-state index >= 15 is 0 Å². The lowest BCUT2D eigenvalue weighted by molar-refractivity contribution is -0.116. The molecule has 0 unspecified atom stereocenters. The second-order valence-corrected chi connectivity index (χ2v) is 11.0. The summed E-state index contributed by atoms with van der Waals surface area (Å²) in [6.07, 6.45) is 14.3. The maximum absolute atomic E-state index is 12.7. The van der Waals surface area contributed by atoms with Crippen LogP contribution in [0.25, 0.3) is 0 Å². The predicted molar refractivity (Wildman–Crippen MR) is 143 cm³/mol. The Balaban J connectivity index is 1.67. The molecule has 0 saturated heterocycles. The number of unbranched alkanes of at least 4 members (excludes halogenated alkanes) is 10. The van der Waals surface area contributed by atoms with Gasteiger partial charge in [0, 0.05) is 12.1 Å². The van der Waals surface area contributed by atoms with Crippen LogP contribution in [0.2, 0.25) is 0 Å². The van der Waals surface area contributed by atoms with E-state index in [4.69, 9.17) is 0 Å². The van der Waals surface area contributed by atoms with E-state index < -0.39 is 10.0 Å². The summed E-state index contributed by atoms with van der Waals surface area (Å²) in [6.45, 7) is 6.09. The Morgan fingerprint density at radius 2 is 1.32 bits per heavy atom. The zero-order valence-electron chi connectivity index (χ0n) is 21.2. The van der Waals surface area contributed by atoms with Crippen LogP contribution in [-0.2, 0) is 14.8 Å². The topological polar surface area (TPSA) is 75.3 Å². The highest BCUT2D eigenvalue weighted by Crippen LogP contribution is 2.22. The fourth-order valence-corrected chi connectivity index (χ4v) is 5.15. The van der Waals surface area contributed by atoms with Gasteiger partial charge in [-0.2, -0.15) is 0 Å². The molecule has 6 heteroatoms. The molecule has 2 rings (SSSR count). The molecule has 0 saturated carbocycles. The minimum Gasteiger partial charge on any atom is -0.326 e. The molecule has 0 aromatic heterocycles. The van der Waals surface area contributed by atoms with Gasteiger partial charge in [0.2, 0.25) is 5.91 Å². The summed E-state index contributed by atoms with van der Waals surface area (Å²) in [4.78, 5) is 12.4. The first kappa shape index (κ1) is 27.9. The molecule has 0 spiro atoms. The lowest BCUT2D eigenvalue weighted by Crippen LogP contribution is -2.14. The smallest absolute Gasteiger partial charge is 0.261 e. The standard InChI is InChI=1S/C28H42N2O3S/c1-4-5-6-7-8-9-10-11-12-13-14-15-28(31)29-25-17-19-26(20-18-25)34(32,33)30-27-21-16-23(2)22-24(27)3/h16-22,30H,4-15H2,1-3H3,(H,29,31). The number of hydrogen-bond donors (Lipinski definition) is 2. The summed E-state index contributed by atoms with van der Waals surface area (Å²) < 4.78 is 28.0. The highest BCUT2D eigenvalue weighted by Gasteiger charge is 2.15. The predicted octanol–water partition coefficient (Wildman–Crippen LogP) is 7.74. The van der Waals surface area contributed by atoms with Crippen LogP contribution < -0.4 is 10.0 Å². The van der Waals surface area contributed by atoms with E-state index in [1.807, 2.05) is 26.0 Å². The van der Waals surface area contributed by atoms with Gasteiger partial charge >= 0.3 is 0 Å². The van der Waals surface area contributed by atoms with Gasteiger partial charge < -0.3 is 5.32 Å². The Kier molecular flexibility index (Phi) is 12.2. The molecule has 5 nitrogen and oxygen atoms in total. The molecule has 34 heavy (non-hydrogen) atoms. The average Bonchev–Trinajstić information content (AvgIpc) is 2.79. The SMILES string of the molecule is CCCCCCCCCCCCCC(=O)Nc1ccc(S(=O)(=O)Nc2ccc(C)cc2C)cc1. The van der Waals surface area contributed by atoms with Gasteiger partial charge in [-0.15, -0.1) is 0 Å². The van der Waals surface area contributed by atoms with E-state index in [0.29, 0.717) is 17.8 Å². The van der Waals surface area contributed by atoms with Crippen LogP contribution in [0.4, 0.5) is 11.4 Å². The molecule has 0 aliphatic rings. The van der Waals surface area contributed by atoms with Gasteiger partial charge in [0.05, 0.1) is 10.6 Å². The van der Waals surface area contributed by atoms with Crippen molar-refractivity contribution in [3.63, 3.8) is 0 Å². The fourth-order valence-electron chi connectivity index (χ4n) is 4.02. The number of sulfonamides is 1. The van der Waals surface area contributed by atoms with Crippen LogP contribution in [0.15, 0.2) is 47.4 Å². The number of carbonyl (C=O) groups is 1. The Morgan fingerprint density at radius 1 is 0.765 bits per heavy atom. The number of benzene rings is 2. The summed E-state index contributed by atoms with van der Waals surface area (Å²) in [5.74, 6) is -0.0278. The molecule has 0 radical (unpaired) electrons. The third-order valence-electron chi connectivity index (χ3n) is 6.08. The largest absolute Gasteiger partial charge is 0.326 e. The molecular formula is C28H42N2O3S. The van der Waals surface area contributed by atoms with Gasteiger partial charge in [0.1, 0.15) is 0 Å². The van der Waals surface area contributed by atoms with Crippen molar-refractivity contribution in [1.29, 1.82) is 0 Å². The zero-order chi connectivity index (χ0) is 24.8. The Hall–Kier alpha value is -2.34. The molecule has 0 atom stereocenters. The van der Waals surface area contributed by atoms with Crippen molar-refractivity contribution in [3.8, 4) is 0 Å². The third-order valence-corrected chi connectivity index (χ3v) is 7.46. The first-order valence-corrected chi connectivity index (χ1v) is 14.3. The monoisotopic (exact) mass is 486 g/mol. The van der Waals surface area contributed by atoms with Crippen LogP contribution in [-0.4, -0.2) is 14.3 Å². The van der Waals surface area contributed by atoms with Crippen molar-refractivity contribution in [2.75, 3.05) is 10.0 Å². The molecule has 0 aliphatic carbocycles. The maximum Gasteiger partial charge on any atom is 0.261 e. The number of nitrogens with one attached hydrogen (secondary N) is 2.